The van der Waals surface area contributed by atoms with Gasteiger partial charge in [-0.3, -0.25) is 4.98 Å². The van der Waals surface area contributed by atoms with Crippen LogP contribution in [0.15, 0.2) is 18.5 Å². The number of carboxylic acids is 1. The number of nitrogens with zero attached hydrogens (tertiary/aromatic N) is 1. The zero-order valence-corrected chi connectivity index (χ0v) is 8.13. The second-order valence-corrected chi connectivity index (χ2v) is 3.22. The van der Waals surface area contributed by atoms with Crippen molar-refractivity contribution in [2.24, 2.45) is 0 Å². The van der Waals surface area contributed by atoms with E-state index in [1.165, 1.54) is 0 Å². The molecule has 0 radical (unpaired) electrons. The SMILES string of the molecule is O=C(O)C(F)(F)Cc1ccncc1C(F)(F)F. The van der Waals surface area contributed by atoms with E-state index in [1.807, 2.05) is 0 Å². The molecule has 1 heterocycles. The lowest BCUT2D eigenvalue weighted by molar-refractivity contribution is -0.165. The van der Waals surface area contributed by atoms with Crippen LogP contribution in [0.1, 0.15) is 11.1 Å². The number of halogens is 5. The summed E-state index contributed by atoms with van der Waals surface area (Å²) in [4.78, 5) is 13.3. The zero-order valence-electron chi connectivity index (χ0n) is 8.13. The lowest BCUT2D eigenvalue weighted by Gasteiger charge is -2.15. The summed E-state index contributed by atoms with van der Waals surface area (Å²) in [7, 11) is 0. The minimum Gasteiger partial charge on any atom is -0.477 e. The summed E-state index contributed by atoms with van der Waals surface area (Å²) in [6, 6.07) is 0.722. The molecule has 1 rings (SSSR count). The van der Waals surface area contributed by atoms with Gasteiger partial charge in [-0.05, 0) is 11.6 Å². The Morgan fingerprint density at radius 2 is 1.88 bits per heavy atom. The molecule has 17 heavy (non-hydrogen) atoms. The fourth-order valence-corrected chi connectivity index (χ4v) is 1.15. The molecule has 1 aromatic heterocycles. The predicted octanol–water partition coefficient (Wildman–Crippen LogP) is 2.36. The highest BCUT2D eigenvalue weighted by atomic mass is 19.4. The van der Waals surface area contributed by atoms with E-state index in [0.29, 0.717) is 6.20 Å². The van der Waals surface area contributed by atoms with Crippen molar-refractivity contribution in [3.05, 3.63) is 29.6 Å². The molecule has 0 aliphatic heterocycles. The largest absolute Gasteiger partial charge is 0.477 e. The Kier molecular flexibility index (Phi) is 3.35. The lowest BCUT2D eigenvalue weighted by Crippen LogP contribution is -2.31. The van der Waals surface area contributed by atoms with E-state index >= 15 is 0 Å². The van der Waals surface area contributed by atoms with Gasteiger partial charge in [0.2, 0.25) is 0 Å². The number of hydrogen-bond acceptors (Lipinski definition) is 2. The van der Waals surface area contributed by atoms with Gasteiger partial charge in [0.15, 0.2) is 0 Å². The molecular weight excluding hydrogens is 249 g/mol. The predicted molar refractivity (Wildman–Crippen MR) is 45.5 cm³/mol. The molecule has 3 nitrogen and oxygen atoms in total. The smallest absolute Gasteiger partial charge is 0.418 e. The molecule has 0 atom stereocenters. The summed E-state index contributed by atoms with van der Waals surface area (Å²) in [5.74, 6) is -6.72. The Morgan fingerprint density at radius 1 is 1.29 bits per heavy atom. The number of carboxylic acid groups (broad SMARTS) is 1. The summed E-state index contributed by atoms with van der Waals surface area (Å²) in [5, 5.41) is 8.15. The Labute approximate surface area is 91.9 Å². The van der Waals surface area contributed by atoms with Crippen molar-refractivity contribution in [3.8, 4) is 0 Å². The van der Waals surface area contributed by atoms with Crippen LogP contribution in [0.5, 0.6) is 0 Å². The summed E-state index contributed by atoms with van der Waals surface area (Å²) in [6.45, 7) is 0. The van der Waals surface area contributed by atoms with Gasteiger partial charge in [-0.25, -0.2) is 4.79 Å². The lowest BCUT2D eigenvalue weighted by atomic mass is 10.0. The van der Waals surface area contributed by atoms with E-state index in [4.69, 9.17) is 5.11 Å². The Hall–Kier alpha value is -1.73. The first-order chi connectivity index (χ1) is 7.64. The van der Waals surface area contributed by atoms with Crippen molar-refractivity contribution in [2.75, 3.05) is 0 Å². The third-order valence-corrected chi connectivity index (χ3v) is 1.94. The Morgan fingerprint density at radius 3 is 2.35 bits per heavy atom. The van der Waals surface area contributed by atoms with E-state index < -0.39 is 35.6 Å². The third kappa shape index (κ3) is 3.11. The van der Waals surface area contributed by atoms with E-state index in [2.05, 4.69) is 4.98 Å². The molecular formula is C9H6F5NO2. The van der Waals surface area contributed by atoms with Gasteiger partial charge < -0.3 is 5.11 Å². The molecule has 1 N–H and O–H groups in total. The second-order valence-electron chi connectivity index (χ2n) is 3.22. The van der Waals surface area contributed by atoms with Crippen molar-refractivity contribution >= 4 is 5.97 Å². The van der Waals surface area contributed by atoms with E-state index in [1.54, 1.807) is 0 Å². The maximum atomic E-state index is 12.8. The first-order valence-electron chi connectivity index (χ1n) is 4.26. The third-order valence-electron chi connectivity index (χ3n) is 1.94. The van der Waals surface area contributed by atoms with Crippen molar-refractivity contribution < 1.29 is 31.9 Å². The maximum Gasteiger partial charge on any atom is 0.418 e. The fraction of sp³-hybridized carbons (Fsp3) is 0.333. The molecule has 0 amide bonds. The average molecular weight is 255 g/mol. The minimum atomic E-state index is -4.85. The topological polar surface area (TPSA) is 50.2 Å². The summed E-state index contributed by atoms with van der Waals surface area (Å²) >= 11 is 0. The summed E-state index contributed by atoms with van der Waals surface area (Å²) in [6.07, 6.45) is -5.10. The quantitative estimate of drug-likeness (QED) is 0.843. The monoisotopic (exact) mass is 255 g/mol. The highest BCUT2D eigenvalue weighted by Gasteiger charge is 2.42. The van der Waals surface area contributed by atoms with Crippen LogP contribution in [0.25, 0.3) is 0 Å². The van der Waals surface area contributed by atoms with Crippen LogP contribution in [0.4, 0.5) is 22.0 Å². The van der Waals surface area contributed by atoms with Crippen LogP contribution in [-0.2, 0) is 17.4 Å². The fourth-order valence-electron chi connectivity index (χ4n) is 1.15. The molecule has 1 aromatic rings. The van der Waals surface area contributed by atoms with Gasteiger partial charge in [-0.15, -0.1) is 0 Å². The molecule has 0 unspecified atom stereocenters. The average Bonchev–Trinajstić information content (AvgIpc) is 2.15. The molecule has 0 bridgehead atoms. The normalized spacial score (nSPS) is 12.5. The molecule has 0 aliphatic rings. The van der Waals surface area contributed by atoms with Gasteiger partial charge in [-0.1, -0.05) is 0 Å². The van der Waals surface area contributed by atoms with Gasteiger partial charge in [0.1, 0.15) is 0 Å². The Balaban J connectivity index is 3.12. The number of carbonyl (C=O) groups is 1. The zero-order chi connectivity index (χ0) is 13.3. The van der Waals surface area contributed by atoms with Crippen LogP contribution < -0.4 is 0 Å². The first-order valence-corrected chi connectivity index (χ1v) is 4.26. The van der Waals surface area contributed by atoms with Crippen LogP contribution in [0.2, 0.25) is 0 Å². The highest BCUT2D eigenvalue weighted by molar-refractivity contribution is 5.75. The van der Waals surface area contributed by atoms with E-state index in [-0.39, 0.29) is 0 Å². The molecule has 0 saturated heterocycles. The first kappa shape index (κ1) is 13.3. The molecule has 0 fully saturated rings. The second kappa shape index (κ2) is 4.27. The van der Waals surface area contributed by atoms with Gasteiger partial charge in [0.05, 0.1) is 5.56 Å². The van der Waals surface area contributed by atoms with Crippen LogP contribution in [0.3, 0.4) is 0 Å². The van der Waals surface area contributed by atoms with Crippen molar-refractivity contribution in [1.82, 2.24) is 4.98 Å². The van der Waals surface area contributed by atoms with Crippen molar-refractivity contribution in [2.45, 2.75) is 18.5 Å². The summed E-state index contributed by atoms with van der Waals surface area (Å²) in [5.41, 5.74) is -2.17. The van der Waals surface area contributed by atoms with Crippen molar-refractivity contribution in [3.63, 3.8) is 0 Å². The number of pyridine rings is 1. The molecule has 0 saturated carbocycles. The van der Waals surface area contributed by atoms with Crippen LogP contribution in [-0.4, -0.2) is 22.0 Å². The van der Waals surface area contributed by atoms with Crippen LogP contribution in [0, 0.1) is 0 Å². The number of rotatable bonds is 3. The van der Waals surface area contributed by atoms with Gasteiger partial charge in [0.25, 0.3) is 0 Å². The van der Waals surface area contributed by atoms with Gasteiger partial charge in [0, 0.05) is 18.8 Å². The number of aromatic nitrogens is 1. The van der Waals surface area contributed by atoms with Crippen LogP contribution >= 0.6 is 0 Å². The number of aliphatic carboxylic acids is 1. The molecule has 0 spiro atoms. The summed E-state index contributed by atoms with van der Waals surface area (Å²) < 4.78 is 62.8. The minimum absolute atomic E-state index is 0.382. The molecule has 8 heteroatoms. The standard InChI is InChI=1S/C9H6F5NO2/c10-8(11,7(16)17)3-5-1-2-15-4-6(5)9(12,13)14/h1-2,4H,3H2,(H,16,17). The number of alkyl halides is 5. The van der Waals surface area contributed by atoms with Crippen molar-refractivity contribution in [1.29, 1.82) is 0 Å². The molecule has 94 valence electrons. The van der Waals surface area contributed by atoms with Gasteiger partial charge in [-0.2, -0.15) is 22.0 Å². The highest BCUT2D eigenvalue weighted by Crippen LogP contribution is 2.33. The maximum absolute atomic E-state index is 12.8. The number of hydrogen-bond donors (Lipinski definition) is 1. The molecule has 0 aliphatic carbocycles. The van der Waals surface area contributed by atoms with Gasteiger partial charge >= 0.3 is 18.1 Å². The Bertz CT molecular complexity index is 430. The molecule has 0 aromatic carbocycles. The van der Waals surface area contributed by atoms with E-state index in [0.717, 1.165) is 12.3 Å². The van der Waals surface area contributed by atoms with E-state index in [9.17, 15) is 26.7 Å².